The van der Waals surface area contributed by atoms with E-state index in [2.05, 4.69) is 22.6 Å². The first-order chi connectivity index (χ1) is 8.78. The zero-order chi connectivity index (χ0) is 12.8. The van der Waals surface area contributed by atoms with Gasteiger partial charge in [-0.05, 0) is 31.2 Å². The molecule has 102 valence electrons. The van der Waals surface area contributed by atoms with Gasteiger partial charge < -0.3 is 11.1 Å². The Labute approximate surface area is 114 Å². The molecule has 0 atom stereocenters. The van der Waals surface area contributed by atoms with Crippen molar-refractivity contribution in [2.24, 2.45) is 11.1 Å². The molecule has 0 aliphatic heterocycles. The summed E-state index contributed by atoms with van der Waals surface area (Å²) in [5.74, 6) is 0. The third-order valence-electron chi connectivity index (χ3n) is 4.18. The third-order valence-corrected chi connectivity index (χ3v) is 5.14. The fourth-order valence-corrected chi connectivity index (χ4v) is 3.72. The number of aromatic nitrogens is 1. The minimum absolute atomic E-state index is 0.566. The molecular weight excluding hydrogens is 242 g/mol. The van der Waals surface area contributed by atoms with E-state index in [-0.39, 0.29) is 0 Å². The zero-order valence-electron chi connectivity index (χ0n) is 11.4. The molecule has 0 spiro atoms. The Bertz CT molecular complexity index is 356. The highest BCUT2D eigenvalue weighted by Crippen LogP contribution is 2.40. The van der Waals surface area contributed by atoms with Gasteiger partial charge in [0.1, 0.15) is 0 Å². The Balaban J connectivity index is 1.76. The normalized spacial score (nSPS) is 18.3. The lowest BCUT2D eigenvalue weighted by atomic mass is 9.83. The van der Waals surface area contributed by atoms with Gasteiger partial charge in [-0.1, -0.05) is 19.8 Å². The van der Waals surface area contributed by atoms with Crippen molar-refractivity contribution in [3.05, 3.63) is 16.1 Å². The lowest BCUT2D eigenvalue weighted by Crippen LogP contribution is -2.31. The van der Waals surface area contributed by atoms with Gasteiger partial charge in [-0.3, -0.25) is 0 Å². The Morgan fingerprint density at radius 3 is 2.89 bits per heavy atom. The topological polar surface area (TPSA) is 50.9 Å². The van der Waals surface area contributed by atoms with Crippen LogP contribution in [0.4, 0.5) is 0 Å². The quantitative estimate of drug-likeness (QED) is 0.798. The fraction of sp³-hybridized carbons (Fsp3) is 0.786. The van der Waals surface area contributed by atoms with Gasteiger partial charge in [-0.25, -0.2) is 4.98 Å². The second-order valence-electron chi connectivity index (χ2n) is 5.44. The van der Waals surface area contributed by atoms with E-state index in [1.54, 1.807) is 11.3 Å². The molecule has 0 radical (unpaired) electrons. The van der Waals surface area contributed by atoms with Gasteiger partial charge >= 0.3 is 0 Å². The Hall–Kier alpha value is -0.450. The maximum atomic E-state index is 5.54. The van der Waals surface area contributed by atoms with Crippen molar-refractivity contribution in [1.82, 2.24) is 10.3 Å². The molecule has 4 heteroatoms. The van der Waals surface area contributed by atoms with Gasteiger partial charge in [0.25, 0.3) is 0 Å². The molecule has 0 bridgehead atoms. The molecule has 18 heavy (non-hydrogen) atoms. The van der Waals surface area contributed by atoms with Gasteiger partial charge in [0, 0.05) is 24.9 Å². The molecular formula is C14H25N3S. The molecule has 2 rings (SSSR count). The minimum Gasteiger partial charge on any atom is -0.330 e. The first kappa shape index (κ1) is 14.0. The van der Waals surface area contributed by atoms with Crippen molar-refractivity contribution in [3.8, 4) is 0 Å². The average molecular weight is 267 g/mol. The summed E-state index contributed by atoms with van der Waals surface area (Å²) < 4.78 is 0. The summed E-state index contributed by atoms with van der Waals surface area (Å²) in [6.45, 7) is 5.07. The van der Waals surface area contributed by atoms with Crippen LogP contribution >= 0.6 is 11.3 Å². The number of hydrogen-bond acceptors (Lipinski definition) is 4. The van der Waals surface area contributed by atoms with Gasteiger partial charge in [0.2, 0.25) is 0 Å². The molecule has 1 saturated carbocycles. The van der Waals surface area contributed by atoms with Crippen molar-refractivity contribution in [3.63, 3.8) is 0 Å². The molecule has 1 aliphatic carbocycles. The Morgan fingerprint density at radius 2 is 2.22 bits per heavy atom. The molecule has 1 heterocycles. The number of nitrogens with zero attached hydrogens (tertiary/aromatic N) is 1. The molecule has 0 aromatic carbocycles. The van der Waals surface area contributed by atoms with E-state index in [4.69, 9.17) is 5.73 Å². The van der Waals surface area contributed by atoms with Crippen LogP contribution in [0.1, 0.15) is 49.7 Å². The van der Waals surface area contributed by atoms with Crippen LogP contribution in [0.15, 0.2) is 5.38 Å². The molecule has 3 N–H and O–H groups in total. The SMILES string of the molecule is CCC1(CNCc2csc(CCN)n2)CCCC1. The lowest BCUT2D eigenvalue weighted by molar-refractivity contribution is 0.268. The number of rotatable bonds is 7. The van der Waals surface area contributed by atoms with Gasteiger partial charge in [0.15, 0.2) is 0 Å². The Kier molecular flexibility index (Phi) is 5.15. The van der Waals surface area contributed by atoms with Crippen LogP contribution in [0.3, 0.4) is 0 Å². The van der Waals surface area contributed by atoms with Crippen LogP contribution in [-0.4, -0.2) is 18.1 Å². The van der Waals surface area contributed by atoms with Crippen LogP contribution in [0.5, 0.6) is 0 Å². The molecule has 1 aliphatic rings. The van der Waals surface area contributed by atoms with E-state index in [9.17, 15) is 0 Å². The van der Waals surface area contributed by atoms with Crippen LogP contribution < -0.4 is 11.1 Å². The smallest absolute Gasteiger partial charge is 0.0941 e. The Morgan fingerprint density at radius 1 is 1.44 bits per heavy atom. The van der Waals surface area contributed by atoms with E-state index in [1.807, 2.05) is 0 Å². The molecule has 1 fully saturated rings. The minimum atomic E-state index is 0.566. The first-order valence-corrected chi connectivity index (χ1v) is 8.00. The van der Waals surface area contributed by atoms with Gasteiger partial charge in [-0.2, -0.15) is 0 Å². The van der Waals surface area contributed by atoms with Crippen molar-refractivity contribution in [1.29, 1.82) is 0 Å². The summed E-state index contributed by atoms with van der Waals surface area (Å²) in [6, 6.07) is 0. The second kappa shape index (κ2) is 6.64. The van der Waals surface area contributed by atoms with E-state index < -0.39 is 0 Å². The van der Waals surface area contributed by atoms with E-state index in [1.165, 1.54) is 42.8 Å². The summed E-state index contributed by atoms with van der Waals surface area (Å²) in [5.41, 5.74) is 7.28. The van der Waals surface area contributed by atoms with Crippen molar-refractivity contribution in [2.45, 2.75) is 52.0 Å². The first-order valence-electron chi connectivity index (χ1n) is 7.12. The fourth-order valence-electron chi connectivity index (χ4n) is 2.90. The zero-order valence-corrected chi connectivity index (χ0v) is 12.2. The molecule has 3 nitrogen and oxygen atoms in total. The maximum Gasteiger partial charge on any atom is 0.0941 e. The van der Waals surface area contributed by atoms with Gasteiger partial charge in [-0.15, -0.1) is 11.3 Å². The van der Waals surface area contributed by atoms with Crippen molar-refractivity contribution in [2.75, 3.05) is 13.1 Å². The predicted molar refractivity (Wildman–Crippen MR) is 77.8 cm³/mol. The highest BCUT2D eigenvalue weighted by atomic mass is 32.1. The summed E-state index contributed by atoms with van der Waals surface area (Å²) in [5, 5.41) is 6.93. The van der Waals surface area contributed by atoms with Gasteiger partial charge in [0.05, 0.1) is 10.7 Å². The highest BCUT2D eigenvalue weighted by Gasteiger charge is 2.31. The van der Waals surface area contributed by atoms with Crippen LogP contribution in [0, 0.1) is 5.41 Å². The van der Waals surface area contributed by atoms with Crippen molar-refractivity contribution < 1.29 is 0 Å². The van der Waals surface area contributed by atoms with Crippen molar-refractivity contribution >= 4 is 11.3 Å². The molecule has 0 unspecified atom stereocenters. The van der Waals surface area contributed by atoms with Crippen LogP contribution in [0.2, 0.25) is 0 Å². The number of nitrogens with two attached hydrogens (primary N) is 1. The number of hydrogen-bond donors (Lipinski definition) is 2. The average Bonchev–Trinajstić information content (AvgIpc) is 3.00. The summed E-state index contributed by atoms with van der Waals surface area (Å²) in [7, 11) is 0. The molecule has 0 amide bonds. The van der Waals surface area contributed by atoms with Crippen LogP contribution in [-0.2, 0) is 13.0 Å². The van der Waals surface area contributed by atoms with E-state index >= 15 is 0 Å². The highest BCUT2D eigenvalue weighted by molar-refractivity contribution is 7.09. The standard InChI is InChI=1S/C14H25N3S/c1-2-14(6-3-4-7-14)11-16-9-12-10-18-13(17-12)5-8-15/h10,16H,2-9,11,15H2,1H3. The lowest BCUT2D eigenvalue weighted by Gasteiger charge is -2.27. The number of nitrogens with one attached hydrogen (secondary N) is 1. The largest absolute Gasteiger partial charge is 0.330 e. The van der Waals surface area contributed by atoms with E-state index in [0.29, 0.717) is 12.0 Å². The molecule has 1 aromatic rings. The second-order valence-corrected chi connectivity index (χ2v) is 6.38. The third kappa shape index (κ3) is 3.53. The van der Waals surface area contributed by atoms with E-state index in [0.717, 1.165) is 19.5 Å². The molecule has 0 saturated heterocycles. The molecule has 1 aromatic heterocycles. The van der Waals surface area contributed by atoms with Crippen LogP contribution in [0.25, 0.3) is 0 Å². The monoisotopic (exact) mass is 267 g/mol. The summed E-state index contributed by atoms with van der Waals surface area (Å²) >= 11 is 1.73. The maximum absolute atomic E-state index is 5.54. The summed E-state index contributed by atoms with van der Waals surface area (Å²) in [6.07, 6.45) is 7.82. The number of thiazole rings is 1. The predicted octanol–water partition coefficient (Wildman–Crippen LogP) is 2.70. The summed E-state index contributed by atoms with van der Waals surface area (Å²) in [4.78, 5) is 4.59.